The van der Waals surface area contributed by atoms with Crippen LogP contribution in [0.5, 0.6) is 0 Å². The van der Waals surface area contributed by atoms with Gasteiger partial charge in [-0.25, -0.2) is 4.68 Å². The van der Waals surface area contributed by atoms with E-state index in [-0.39, 0.29) is 0 Å². The first-order chi connectivity index (χ1) is 9.54. The summed E-state index contributed by atoms with van der Waals surface area (Å²) in [5.74, 6) is 7.30. The third-order valence-electron chi connectivity index (χ3n) is 2.88. The number of nitrogens with zero attached hydrogens (tertiary/aromatic N) is 5. The van der Waals surface area contributed by atoms with E-state index in [4.69, 9.17) is 22.2 Å². The summed E-state index contributed by atoms with van der Waals surface area (Å²) in [6.45, 7) is 2.49. The van der Waals surface area contributed by atoms with Crippen LogP contribution in [0.15, 0.2) is 5.16 Å². The summed E-state index contributed by atoms with van der Waals surface area (Å²) in [5.41, 5.74) is 1.90. The molecular weight excluding hydrogens is 300 g/mol. The van der Waals surface area contributed by atoms with Crippen molar-refractivity contribution in [1.82, 2.24) is 24.7 Å². The Morgan fingerprint density at radius 1 is 1.40 bits per heavy atom. The highest BCUT2D eigenvalue weighted by molar-refractivity contribution is 7.98. The van der Waals surface area contributed by atoms with Crippen molar-refractivity contribution >= 4 is 23.4 Å². The second-order valence-corrected chi connectivity index (χ2v) is 5.58. The second-order valence-electron chi connectivity index (χ2n) is 4.28. The molecule has 0 bridgehead atoms. The molecule has 2 rings (SSSR count). The highest BCUT2D eigenvalue weighted by Crippen LogP contribution is 2.27. The van der Waals surface area contributed by atoms with Gasteiger partial charge in [-0.3, -0.25) is 4.68 Å². The van der Waals surface area contributed by atoms with Crippen LogP contribution in [0, 0.1) is 6.92 Å². The third-order valence-corrected chi connectivity index (χ3v) is 4.32. The van der Waals surface area contributed by atoms with Crippen molar-refractivity contribution in [3.63, 3.8) is 0 Å². The molecule has 0 saturated carbocycles. The van der Waals surface area contributed by atoms with Gasteiger partial charge in [0.1, 0.15) is 5.15 Å². The molecule has 2 aromatic rings. The molecule has 2 aromatic heterocycles. The quantitative estimate of drug-likeness (QED) is 0.636. The normalized spacial score (nSPS) is 11.2. The first-order valence-corrected chi connectivity index (χ1v) is 7.40. The van der Waals surface area contributed by atoms with E-state index in [9.17, 15) is 0 Å². The number of rotatable bonds is 6. The van der Waals surface area contributed by atoms with Gasteiger partial charge in [-0.05, 0) is 6.92 Å². The van der Waals surface area contributed by atoms with Gasteiger partial charge in [0.05, 0.1) is 12.3 Å². The lowest BCUT2D eigenvalue weighted by Crippen LogP contribution is -2.15. The summed E-state index contributed by atoms with van der Waals surface area (Å²) in [6.07, 6.45) is 0.632. The number of nitrogens with two attached hydrogens (primary N) is 1. The van der Waals surface area contributed by atoms with Gasteiger partial charge in [-0.15, -0.1) is 10.2 Å². The predicted molar refractivity (Wildman–Crippen MR) is 78.3 cm³/mol. The molecule has 0 unspecified atom stereocenters. The summed E-state index contributed by atoms with van der Waals surface area (Å²) >= 11 is 7.67. The molecule has 0 aliphatic carbocycles. The van der Waals surface area contributed by atoms with E-state index in [1.54, 1.807) is 11.8 Å². The maximum Gasteiger partial charge on any atom is 0.210 e. The van der Waals surface area contributed by atoms with Gasteiger partial charge >= 0.3 is 0 Å². The first-order valence-electron chi connectivity index (χ1n) is 6.03. The molecule has 0 atom stereocenters. The van der Waals surface area contributed by atoms with Crippen LogP contribution >= 0.6 is 23.4 Å². The number of methoxy groups -OCH3 is 1. The average molecular weight is 317 g/mol. The Kier molecular flexibility index (Phi) is 4.90. The van der Waals surface area contributed by atoms with Crippen molar-refractivity contribution in [3.8, 4) is 0 Å². The lowest BCUT2D eigenvalue weighted by Gasteiger charge is -2.03. The van der Waals surface area contributed by atoms with E-state index in [1.807, 2.05) is 14.0 Å². The van der Waals surface area contributed by atoms with Crippen LogP contribution in [0.3, 0.4) is 0 Å². The maximum absolute atomic E-state index is 6.19. The molecule has 20 heavy (non-hydrogen) atoms. The van der Waals surface area contributed by atoms with Crippen LogP contribution in [-0.4, -0.2) is 38.4 Å². The zero-order valence-corrected chi connectivity index (χ0v) is 13.2. The molecule has 7 nitrogen and oxygen atoms in total. The third kappa shape index (κ3) is 3.08. The minimum atomic E-state index is 0.563. The fraction of sp³-hybridized carbons (Fsp3) is 0.545. The summed E-state index contributed by atoms with van der Waals surface area (Å²) in [5, 5.41) is 13.7. The lowest BCUT2D eigenvalue weighted by molar-refractivity contribution is 0.200. The number of halogens is 1. The molecule has 0 amide bonds. The summed E-state index contributed by atoms with van der Waals surface area (Å²) < 4.78 is 8.15. The SMILES string of the molecule is COCCc1nnc(SCc2c(C)nn(C)c2Cl)n1N. The average Bonchev–Trinajstić information content (AvgIpc) is 2.88. The zero-order chi connectivity index (χ0) is 14.7. The van der Waals surface area contributed by atoms with Crippen molar-refractivity contribution in [2.24, 2.45) is 7.05 Å². The maximum atomic E-state index is 6.19. The summed E-state index contributed by atoms with van der Waals surface area (Å²) in [6, 6.07) is 0. The molecule has 2 N–H and O–H groups in total. The molecular formula is C11H17ClN6OS. The van der Waals surface area contributed by atoms with Crippen LogP contribution < -0.4 is 5.84 Å². The Bertz CT molecular complexity index is 596. The van der Waals surface area contributed by atoms with Crippen molar-refractivity contribution in [1.29, 1.82) is 0 Å². The van der Waals surface area contributed by atoms with E-state index >= 15 is 0 Å². The number of aryl methyl sites for hydroxylation is 2. The molecule has 0 fully saturated rings. The van der Waals surface area contributed by atoms with E-state index < -0.39 is 0 Å². The number of thioether (sulfide) groups is 1. The Balaban J connectivity index is 2.06. The predicted octanol–water partition coefficient (Wildman–Crippen LogP) is 1.17. The second kappa shape index (κ2) is 6.47. The van der Waals surface area contributed by atoms with Gasteiger partial charge in [0.25, 0.3) is 0 Å². The number of nitrogen functional groups attached to an aromatic ring is 1. The Morgan fingerprint density at radius 3 is 2.75 bits per heavy atom. The van der Waals surface area contributed by atoms with Gasteiger partial charge in [0.2, 0.25) is 5.16 Å². The minimum absolute atomic E-state index is 0.563. The van der Waals surface area contributed by atoms with Crippen molar-refractivity contribution in [3.05, 3.63) is 22.2 Å². The topological polar surface area (TPSA) is 83.8 Å². The lowest BCUT2D eigenvalue weighted by atomic mass is 10.3. The molecule has 9 heteroatoms. The summed E-state index contributed by atoms with van der Waals surface area (Å²) in [7, 11) is 3.46. The van der Waals surface area contributed by atoms with Crippen LogP contribution in [-0.2, 0) is 24.0 Å². The molecule has 0 aliphatic rings. The highest BCUT2D eigenvalue weighted by Gasteiger charge is 2.15. The van der Waals surface area contributed by atoms with Gasteiger partial charge in [-0.2, -0.15) is 5.10 Å². The number of hydrogen-bond acceptors (Lipinski definition) is 6. The van der Waals surface area contributed by atoms with E-state index in [0.717, 1.165) is 11.3 Å². The van der Waals surface area contributed by atoms with E-state index in [1.165, 1.54) is 16.4 Å². The molecule has 0 spiro atoms. The Hall–Kier alpha value is -1.25. The fourth-order valence-corrected chi connectivity index (χ4v) is 3.03. The molecule has 0 saturated heterocycles. The zero-order valence-electron chi connectivity index (χ0n) is 11.6. The van der Waals surface area contributed by atoms with Crippen molar-refractivity contribution < 1.29 is 4.74 Å². The van der Waals surface area contributed by atoms with Crippen LogP contribution in [0.2, 0.25) is 5.15 Å². The molecule has 110 valence electrons. The number of hydrogen-bond donors (Lipinski definition) is 1. The van der Waals surface area contributed by atoms with Gasteiger partial charge < -0.3 is 10.6 Å². The summed E-state index contributed by atoms with van der Waals surface area (Å²) in [4.78, 5) is 0. The van der Waals surface area contributed by atoms with Crippen molar-refractivity contribution in [2.75, 3.05) is 19.6 Å². The number of aromatic nitrogens is 5. The van der Waals surface area contributed by atoms with Gasteiger partial charge in [-0.1, -0.05) is 23.4 Å². The minimum Gasteiger partial charge on any atom is -0.384 e. The molecule has 0 aromatic carbocycles. The molecule has 0 aliphatic heterocycles. The largest absolute Gasteiger partial charge is 0.384 e. The monoisotopic (exact) mass is 316 g/mol. The van der Waals surface area contributed by atoms with Crippen LogP contribution in [0.4, 0.5) is 0 Å². The van der Waals surface area contributed by atoms with Gasteiger partial charge in [0.15, 0.2) is 5.82 Å². The van der Waals surface area contributed by atoms with Crippen LogP contribution in [0.25, 0.3) is 0 Å². The smallest absolute Gasteiger partial charge is 0.210 e. The fourth-order valence-electron chi connectivity index (χ4n) is 1.74. The van der Waals surface area contributed by atoms with E-state index in [0.29, 0.717) is 34.9 Å². The molecule has 2 heterocycles. The number of ether oxygens (including phenoxy) is 1. The first kappa shape index (κ1) is 15.1. The Morgan fingerprint density at radius 2 is 2.15 bits per heavy atom. The molecule has 0 radical (unpaired) electrons. The van der Waals surface area contributed by atoms with Gasteiger partial charge in [0, 0.05) is 31.9 Å². The Labute approximate surface area is 126 Å². The van der Waals surface area contributed by atoms with Crippen molar-refractivity contribution in [2.45, 2.75) is 24.3 Å². The standard InChI is InChI=1S/C11H17ClN6OS/c1-7-8(10(12)17(2)16-7)6-20-11-15-14-9(18(11)13)4-5-19-3/h4-6,13H2,1-3H3. The van der Waals surface area contributed by atoms with Crippen LogP contribution in [0.1, 0.15) is 17.1 Å². The highest BCUT2D eigenvalue weighted by atomic mass is 35.5. The van der Waals surface area contributed by atoms with E-state index in [2.05, 4.69) is 15.3 Å².